The summed E-state index contributed by atoms with van der Waals surface area (Å²) in [7, 11) is 1.66. The van der Waals surface area contributed by atoms with Gasteiger partial charge in [0.1, 0.15) is 5.76 Å². The molecule has 1 aliphatic carbocycles. The van der Waals surface area contributed by atoms with Crippen molar-refractivity contribution in [3.05, 3.63) is 23.6 Å². The molecule has 0 aromatic heterocycles. The van der Waals surface area contributed by atoms with Crippen LogP contribution in [0.4, 0.5) is 0 Å². The summed E-state index contributed by atoms with van der Waals surface area (Å²) in [6.07, 6.45) is 5.69. The normalized spacial score (nSPS) is 28.4. The highest BCUT2D eigenvalue weighted by Gasteiger charge is 2.51. The third kappa shape index (κ3) is 1.76. The lowest BCUT2D eigenvalue weighted by atomic mass is 9.56. The van der Waals surface area contributed by atoms with Crippen LogP contribution in [0.5, 0.6) is 0 Å². The van der Waals surface area contributed by atoms with Gasteiger partial charge in [0.15, 0.2) is 0 Å². The van der Waals surface area contributed by atoms with E-state index in [-0.39, 0.29) is 6.10 Å². The van der Waals surface area contributed by atoms with Crippen LogP contribution in [0.25, 0.3) is 0 Å². The predicted octanol–water partition coefficient (Wildman–Crippen LogP) is 0.364. The van der Waals surface area contributed by atoms with Gasteiger partial charge in [0, 0.05) is 31.4 Å². The maximum Gasteiger partial charge on any atom is 0.123 e. The van der Waals surface area contributed by atoms with Gasteiger partial charge in [-0.3, -0.25) is 0 Å². The van der Waals surface area contributed by atoms with Gasteiger partial charge in [-0.2, -0.15) is 0 Å². The Bertz CT molecular complexity index is 364. The third-order valence-electron chi connectivity index (χ3n) is 4.38. The molecule has 1 saturated carbocycles. The summed E-state index contributed by atoms with van der Waals surface area (Å²) < 4.78 is 5.32. The minimum atomic E-state index is -0.353. The lowest BCUT2D eigenvalue weighted by Crippen LogP contribution is -2.62. The molecule has 1 atom stereocenters. The van der Waals surface area contributed by atoms with E-state index in [0.717, 1.165) is 37.3 Å². The van der Waals surface area contributed by atoms with Crippen LogP contribution in [-0.2, 0) is 4.74 Å². The van der Waals surface area contributed by atoms with E-state index in [9.17, 15) is 5.11 Å². The molecule has 1 saturated heterocycles. The maximum atomic E-state index is 10.4. The number of aliphatic hydroxyl groups is 1. The van der Waals surface area contributed by atoms with Crippen molar-refractivity contribution in [1.29, 1.82) is 0 Å². The lowest BCUT2D eigenvalue weighted by Gasteiger charge is -2.56. The zero-order valence-corrected chi connectivity index (χ0v) is 10.2. The molecule has 0 aromatic rings. The molecular weight excluding hydrogens is 216 g/mol. The highest BCUT2D eigenvalue weighted by atomic mass is 16.5. The van der Waals surface area contributed by atoms with Gasteiger partial charge in [-0.25, -0.2) is 0 Å². The van der Waals surface area contributed by atoms with Crippen LogP contribution in [0.3, 0.4) is 0 Å². The topological polar surface area (TPSA) is 53.5 Å². The standard InChI is InChI=1S/C13H20N2O2/c1-17-11-2-3-14-6-10(11)12(16)9-4-13(5-9)7-15-8-13/h2-3,9,12,14-16H,4-8H2,1H3. The van der Waals surface area contributed by atoms with E-state index in [0.29, 0.717) is 17.9 Å². The van der Waals surface area contributed by atoms with Crippen molar-refractivity contribution >= 4 is 0 Å². The van der Waals surface area contributed by atoms with Gasteiger partial charge in [-0.1, -0.05) is 0 Å². The van der Waals surface area contributed by atoms with Crippen LogP contribution in [0.15, 0.2) is 23.6 Å². The zero-order chi connectivity index (χ0) is 11.9. The number of nitrogens with one attached hydrogen (secondary N) is 2. The molecule has 3 rings (SSSR count). The third-order valence-corrected chi connectivity index (χ3v) is 4.38. The number of hydrogen-bond donors (Lipinski definition) is 3. The van der Waals surface area contributed by atoms with Crippen molar-refractivity contribution in [3.63, 3.8) is 0 Å². The molecule has 3 aliphatic rings. The lowest BCUT2D eigenvalue weighted by molar-refractivity contribution is -0.0521. The molecule has 0 amide bonds. The summed E-state index contributed by atoms with van der Waals surface area (Å²) in [5.74, 6) is 1.23. The molecule has 2 aliphatic heterocycles. The quantitative estimate of drug-likeness (QED) is 0.662. The number of allylic oxidation sites excluding steroid dienone is 1. The molecule has 2 fully saturated rings. The first-order chi connectivity index (χ1) is 8.24. The largest absolute Gasteiger partial charge is 0.497 e. The van der Waals surface area contributed by atoms with Gasteiger partial charge < -0.3 is 20.5 Å². The minimum Gasteiger partial charge on any atom is -0.497 e. The molecule has 94 valence electrons. The Morgan fingerprint density at radius 2 is 2.24 bits per heavy atom. The summed E-state index contributed by atoms with van der Waals surface area (Å²) in [4.78, 5) is 0. The number of rotatable bonds is 3. The Balaban J connectivity index is 1.67. The highest BCUT2D eigenvalue weighted by Crippen LogP contribution is 2.50. The van der Waals surface area contributed by atoms with Crippen LogP contribution < -0.4 is 10.6 Å². The first kappa shape index (κ1) is 11.1. The summed E-state index contributed by atoms with van der Waals surface area (Å²) in [6, 6.07) is 0. The molecule has 0 aromatic carbocycles. The van der Waals surface area contributed by atoms with Crippen LogP contribution >= 0.6 is 0 Å². The molecule has 2 heterocycles. The Morgan fingerprint density at radius 1 is 1.47 bits per heavy atom. The van der Waals surface area contributed by atoms with Crippen molar-refractivity contribution in [2.45, 2.75) is 18.9 Å². The first-order valence-corrected chi connectivity index (χ1v) is 6.30. The van der Waals surface area contributed by atoms with Crippen molar-refractivity contribution in [2.75, 3.05) is 26.7 Å². The number of dihydropyridines is 1. The number of aliphatic hydroxyl groups excluding tert-OH is 1. The Labute approximate surface area is 102 Å². The van der Waals surface area contributed by atoms with E-state index in [1.807, 2.05) is 12.3 Å². The van der Waals surface area contributed by atoms with E-state index in [1.165, 1.54) is 0 Å². The van der Waals surface area contributed by atoms with Crippen molar-refractivity contribution in [1.82, 2.24) is 10.6 Å². The number of ether oxygens (including phenoxy) is 1. The molecule has 4 heteroatoms. The second kappa shape index (κ2) is 4.03. The number of hydrogen-bond acceptors (Lipinski definition) is 4. The fourth-order valence-corrected chi connectivity index (χ4v) is 3.27. The van der Waals surface area contributed by atoms with Crippen LogP contribution in [0, 0.1) is 11.3 Å². The van der Waals surface area contributed by atoms with Crippen molar-refractivity contribution in [3.8, 4) is 0 Å². The average molecular weight is 236 g/mol. The van der Waals surface area contributed by atoms with Gasteiger partial charge >= 0.3 is 0 Å². The van der Waals surface area contributed by atoms with Gasteiger partial charge in [0.25, 0.3) is 0 Å². The molecule has 1 unspecified atom stereocenters. The summed E-state index contributed by atoms with van der Waals surface area (Å²) in [5.41, 5.74) is 1.51. The molecule has 1 spiro atoms. The van der Waals surface area contributed by atoms with Gasteiger partial charge in [-0.15, -0.1) is 0 Å². The zero-order valence-electron chi connectivity index (χ0n) is 10.2. The second-order valence-electron chi connectivity index (χ2n) is 5.52. The highest BCUT2D eigenvalue weighted by molar-refractivity contribution is 5.29. The van der Waals surface area contributed by atoms with E-state index < -0.39 is 0 Å². The van der Waals surface area contributed by atoms with Crippen molar-refractivity contribution < 1.29 is 9.84 Å². The van der Waals surface area contributed by atoms with Crippen LogP contribution in [0.2, 0.25) is 0 Å². The summed E-state index contributed by atoms with van der Waals surface area (Å²) >= 11 is 0. The molecule has 0 bridgehead atoms. The predicted molar refractivity (Wildman–Crippen MR) is 65.2 cm³/mol. The van der Waals surface area contributed by atoms with E-state index in [2.05, 4.69) is 10.6 Å². The van der Waals surface area contributed by atoms with Crippen LogP contribution in [0.1, 0.15) is 12.8 Å². The Morgan fingerprint density at radius 3 is 2.82 bits per heavy atom. The monoisotopic (exact) mass is 236 g/mol. The van der Waals surface area contributed by atoms with Gasteiger partial charge in [0.05, 0.1) is 13.2 Å². The molecular formula is C13H20N2O2. The summed E-state index contributed by atoms with van der Waals surface area (Å²) in [5, 5.41) is 16.9. The fourth-order valence-electron chi connectivity index (χ4n) is 3.27. The van der Waals surface area contributed by atoms with E-state index >= 15 is 0 Å². The Kier molecular flexibility index (Phi) is 2.64. The van der Waals surface area contributed by atoms with Gasteiger partial charge in [-0.05, 0) is 30.3 Å². The van der Waals surface area contributed by atoms with Gasteiger partial charge in [0.2, 0.25) is 0 Å². The molecule has 3 N–H and O–H groups in total. The minimum absolute atomic E-state index is 0.353. The first-order valence-electron chi connectivity index (χ1n) is 6.30. The Hall–Kier alpha value is -1.00. The maximum absolute atomic E-state index is 10.4. The molecule has 0 radical (unpaired) electrons. The molecule has 17 heavy (non-hydrogen) atoms. The summed E-state index contributed by atoms with van der Waals surface area (Å²) in [6.45, 7) is 2.96. The van der Waals surface area contributed by atoms with Crippen LogP contribution in [-0.4, -0.2) is 38.0 Å². The average Bonchev–Trinajstić information content (AvgIpc) is 2.25. The van der Waals surface area contributed by atoms with E-state index in [4.69, 9.17) is 4.74 Å². The SMILES string of the molecule is COC1=C(C(O)C2CC3(CNC3)C2)CNC=C1. The second-order valence-corrected chi connectivity index (χ2v) is 5.52. The fraction of sp³-hybridized carbons (Fsp3) is 0.692. The molecule has 4 nitrogen and oxygen atoms in total. The van der Waals surface area contributed by atoms with Crippen molar-refractivity contribution in [2.24, 2.45) is 11.3 Å². The van der Waals surface area contributed by atoms with E-state index in [1.54, 1.807) is 7.11 Å². The number of methoxy groups -OCH3 is 1. The smallest absolute Gasteiger partial charge is 0.123 e.